The van der Waals surface area contributed by atoms with Gasteiger partial charge in [0.15, 0.2) is 0 Å². The van der Waals surface area contributed by atoms with E-state index in [0.29, 0.717) is 19.5 Å². The molecule has 1 unspecified atom stereocenters. The van der Waals surface area contributed by atoms with Gasteiger partial charge in [0.2, 0.25) is 5.91 Å². The van der Waals surface area contributed by atoms with E-state index in [4.69, 9.17) is 5.73 Å². The molecule has 1 atom stereocenters. The molecule has 0 aromatic carbocycles. The van der Waals surface area contributed by atoms with E-state index in [1.54, 1.807) is 11.0 Å². The number of carbonyl (C=O) groups excluding carboxylic acids is 1. The van der Waals surface area contributed by atoms with Gasteiger partial charge in [-0.1, -0.05) is 0 Å². The average Bonchev–Trinajstić information content (AvgIpc) is 2.96. The molecule has 2 N–H and O–H groups in total. The Labute approximate surface area is 107 Å². The van der Waals surface area contributed by atoms with E-state index in [1.807, 2.05) is 4.90 Å². The number of likely N-dealkylation sites (tertiary alicyclic amines) is 1. The molecule has 1 aromatic rings. The minimum absolute atomic E-state index is 0. The first-order valence-electron chi connectivity index (χ1n) is 5.63. The fraction of sp³-hybridized carbons (Fsp3) is 0.700. The third-order valence-corrected chi connectivity index (χ3v) is 2.99. The van der Waals surface area contributed by atoms with E-state index in [0.717, 1.165) is 19.4 Å². The Morgan fingerprint density at radius 3 is 3.00 bits per heavy atom. The molecule has 6 nitrogen and oxygen atoms in total. The van der Waals surface area contributed by atoms with Gasteiger partial charge in [-0.05, 0) is 12.8 Å². The maximum absolute atomic E-state index is 11.9. The summed E-state index contributed by atoms with van der Waals surface area (Å²) < 4.78 is 1.67. The number of carbonyl (C=O) groups is 1. The molecule has 7 heteroatoms. The SMILES string of the molecule is Cl.NCC1CCCN1C(=O)CCn1cncn1. The molecule has 1 saturated heterocycles. The molecule has 2 heterocycles. The van der Waals surface area contributed by atoms with Crippen LogP contribution in [0.5, 0.6) is 0 Å². The number of nitrogens with two attached hydrogens (primary N) is 1. The van der Waals surface area contributed by atoms with E-state index in [-0.39, 0.29) is 24.4 Å². The van der Waals surface area contributed by atoms with E-state index < -0.39 is 0 Å². The molecular formula is C10H18ClN5O. The van der Waals surface area contributed by atoms with Gasteiger partial charge in [-0.2, -0.15) is 5.10 Å². The zero-order chi connectivity index (χ0) is 11.4. The van der Waals surface area contributed by atoms with Crippen LogP contribution in [0.25, 0.3) is 0 Å². The normalized spacial score (nSPS) is 19.1. The van der Waals surface area contributed by atoms with Crippen molar-refractivity contribution in [1.82, 2.24) is 19.7 Å². The van der Waals surface area contributed by atoms with Crippen molar-refractivity contribution in [1.29, 1.82) is 0 Å². The predicted octanol–water partition coefficient (Wildman–Crippen LogP) is 0.0397. The summed E-state index contributed by atoms with van der Waals surface area (Å²) in [7, 11) is 0. The molecule has 0 radical (unpaired) electrons. The largest absolute Gasteiger partial charge is 0.338 e. The smallest absolute Gasteiger partial charge is 0.224 e. The van der Waals surface area contributed by atoms with Crippen molar-refractivity contribution in [3.05, 3.63) is 12.7 Å². The monoisotopic (exact) mass is 259 g/mol. The molecule has 17 heavy (non-hydrogen) atoms. The van der Waals surface area contributed by atoms with Crippen molar-refractivity contribution in [3.8, 4) is 0 Å². The zero-order valence-corrected chi connectivity index (χ0v) is 10.5. The topological polar surface area (TPSA) is 77.0 Å². The lowest BCUT2D eigenvalue weighted by molar-refractivity contribution is -0.132. The Morgan fingerprint density at radius 1 is 1.53 bits per heavy atom. The first-order chi connectivity index (χ1) is 7.81. The van der Waals surface area contributed by atoms with Crippen LogP contribution in [0.3, 0.4) is 0 Å². The molecule has 1 aromatic heterocycles. The highest BCUT2D eigenvalue weighted by Gasteiger charge is 2.26. The van der Waals surface area contributed by atoms with Gasteiger partial charge < -0.3 is 10.6 Å². The predicted molar refractivity (Wildman–Crippen MR) is 65.7 cm³/mol. The summed E-state index contributed by atoms with van der Waals surface area (Å²) in [4.78, 5) is 17.7. The molecule has 0 saturated carbocycles. The third-order valence-electron chi connectivity index (χ3n) is 2.99. The first-order valence-corrected chi connectivity index (χ1v) is 5.63. The lowest BCUT2D eigenvalue weighted by atomic mass is 10.2. The second-order valence-corrected chi connectivity index (χ2v) is 4.03. The quantitative estimate of drug-likeness (QED) is 0.828. The Kier molecular flexibility index (Phi) is 5.37. The van der Waals surface area contributed by atoms with Crippen LogP contribution in [0.1, 0.15) is 19.3 Å². The van der Waals surface area contributed by atoms with Crippen LogP contribution in [0.2, 0.25) is 0 Å². The Morgan fingerprint density at radius 2 is 2.35 bits per heavy atom. The first kappa shape index (κ1) is 13.9. The van der Waals surface area contributed by atoms with E-state index >= 15 is 0 Å². The summed E-state index contributed by atoms with van der Waals surface area (Å²) in [5, 5.41) is 3.96. The van der Waals surface area contributed by atoms with Gasteiger partial charge in [-0.15, -0.1) is 12.4 Å². The molecule has 2 rings (SSSR count). The number of halogens is 1. The molecule has 0 bridgehead atoms. The van der Waals surface area contributed by atoms with E-state index in [1.165, 1.54) is 6.33 Å². The number of aryl methyl sites for hydroxylation is 1. The molecule has 96 valence electrons. The van der Waals surface area contributed by atoms with E-state index in [9.17, 15) is 4.79 Å². The standard InChI is InChI=1S/C10H17N5O.ClH/c11-6-9-2-1-4-15(9)10(16)3-5-14-8-12-7-13-14;/h7-9H,1-6,11H2;1H. The number of aromatic nitrogens is 3. The molecule has 1 fully saturated rings. The molecule has 1 aliphatic rings. The molecule has 1 amide bonds. The summed E-state index contributed by atoms with van der Waals surface area (Å²) in [5.74, 6) is 0.170. The van der Waals surface area contributed by atoms with E-state index in [2.05, 4.69) is 10.1 Å². The van der Waals surface area contributed by atoms with Gasteiger partial charge in [-0.3, -0.25) is 9.48 Å². The van der Waals surface area contributed by atoms with Crippen LogP contribution in [-0.4, -0.2) is 44.7 Å². The van der Waals surface area contributed by atoms with Crippen LogP contribution < -0.4 is 5.73 Å². The van der Waals surface area contributed by atoms with Crippen LogP contribution in [0, 0.1) is 0 Å². The van der Waals surface area contributed by atoms with Crippen LogP contribution in [-0.2, 0) is 11.3 Å². The highest BCUT2D eigenvalue weighted by molar-refractivity contribution is 5.85. The van der Waals surface area contributed by atoms with Gasteiger partial charge in [0.1, 0.15) is 12.7 Å². The zero-order valence-electron chi connectivity index (χ0n) is 9.66. The molecule has 0 aliphatic carbocycles. The van der Waals surface area contributed by atoms with Crippen molar-refractivity contribution in [2.45, 2.75) is 31.8 Å². The third kappa shape index (κ3) is 3.41. The molecule has 0 spiro atoms. The van der Waals surface area contributed by atoms with Gasteiger partial charge >= 0.3 is 0 Å². The molecular weight excluding hydrogens is 242 g/mol. The average molecular weight is 260 g/mol. The summed E-state index contributed by atoms with van der Waals surface area (Å²) in [6.45, 7) is 2.00. The minimum atomic E-state index is 0. The maximum atomic E-state index is 11.9. The molecule has 1 aliphatic heterocycles. The van der Waals surface area contributed by atoms with Crippen molar-refractivity contribution < 1.29 is 4.79 Å². The number of amides is 1. The lowest BCUT2D eigenvalue weighted by Crippen LogP contribution is -2.40. The summed E-state index contributed by atoms with van der Waals surface area (Å²) in [5.41, 5.74) is 5.63. The number of hydrogen-bond acceptors (Lipinski definition) is 4. The van der Waals surface area contributed by atoms with Crippen LogP contribution in [0.15, 0.2) is 12.7 Å². The Hall–Kier alpha value is -1.14. The number of rotatable bonds is 4. The number of nitrogens with zero attached hydrogens (tertiary/aromatic N) is 4. The van der Waals surface area contributed by atoms with Gasteiger partial charge in [0, 0.05) is 25.6 Å². The van der Waals surface area contributed by atoms with Crippen molar-refractivity contribution in [2.24, 2.45) is 5.73 Å². The highest BCUT2D eigenvalue weighted by Crippen LogP contribution is 2.17. The van der Waals surface area contributed by atoms with Gasteiger partial charge in [0.05, 0.1) is 6.54 Å². The van der Waals surface area contributed by atoms with Crippen molar-refractivity contribution >= 4 is 18.3 Å². The fourth-order valence-corrected chi connectivity index (χ4v) is 2.11. The highest BCUT2D eigenvalue weighted by atomic mass is 35.5. The second-order valence-electron chi connectivity index (χ2n) is 4.03. The lowest BCUT2D eigenvalue weighted by Gasteiger charge is -2.23. The van der Waals surface area contributed by atoms with Crippen LogP contribution >= 0.6 is 12.4 Å². The summed E-state index contributed by atoms with van der Waals surface area (Å²) in [6.07, 6.45) is 5.67. The van der Waals surface area contributed by atoms with Gasteiger partial charge in [0.25, 0.3) is 0 Å². The van der Waals surface area contributed by atoms with Gasteiger partial charge in [-0.25, -0.2) is 4.98 Å². The maximum Gasteiger partial charge on any atom is 0.224 e. The minimum Gasteiger partial charge on any atom is -0.338 e. The summed E-state index contributed by atoms with van der Waals surface area (Å²) >= 11 is 0. The van der Waals surface area contributed by atoms with Crippen molar-refractivity contribution in [3.63, 3.8) is 0 Å². The van der Waals surface area contributed by atoms with Crippen LogP contribution in [0.4, 0.5) is 0 Å². The second kappa shape index (κ2) is 6.56. The summed E-state index contributed by atoms with van der Waals surface area (Å²) in [6, 6.07) is 0.239. The Balaban J connectivity index is 0.00000144. The fourth-order valence-electron chi connectivity index (χ4n) is 2.11. The number of hydrogen-bond donors (Lipinski definition) is 1. The van der Waals surface area contributed by atoms with Crippen molar-refractivity contribution in [2.75, 3.05) is 13.1 Å². The Bertz CT molecular complexity index is 342.